The van der Waals surface area contributed by atoms with Gasteiger partial charge >= 0.3 is 0 Å². The van der Waals surface area contributed by atoms with Crippen molar-refractivity contribution in [3.63, 3.8) is 0 Å². The fraction of sp³-hybridized carbons (Fsp3) is 0.150. The molecule has 1 aromatic carbocycles. The van der Waals surface area contributed by atoms with Crippen molar-refractivity contribution in [2.45, 2.75) is 24.8 Å². The van der Waals surface area contributed by atoms with E-state index in [4.69, 9.17) is 10.1 Å². The minimum absolute atomic E-state index is 0.767. The lowest BCUT2D eigenvalue weighted by atomic mass is 10.1. The number of hydrogen-bond donors (Lipinski definition) is 0. The molecule has 0 spiro atoms. The van der Waals surface area contributed by atoms with E-state index >= 15 is 0 Å². The van der Waals surface area contributed by atoms with Crippen molar-refractivity contribution in [3.8, 4) is 11.3 Å². The van der Waals surface area contributed by atoms with E-state index in [1.165, 1.54) is 5.56 Å². The van der Waals surface area contributed by atoms with Crippen molar-refractivity contribution < 1.29 is 0 Å². The summed E-state index contributed by atoms with van der Waals surface area (Å²) in [5.41, 5.74) is 6.37. The normalized spacial score (nSPS) is 11.1. The zero-order chi connectivity index (χ0) is 17.2. The van der Waals surface area contributed by atoms with Gasteiger partial charge in [0.2, 0.25) is 0 Å². The van der Waals surface area contributed by atoms with Crippen molar-refractivity contribution in [1.29, 1.82) is 0 Å². The van der Waals surface area contributed by atoms with Gasteiger partial charge in [0.15, 0.2) is 5.16 Å². The summed E-state index contributed by atoms with van der Waals surface area (Å²) in [6.45, 7) is 4.13. The fourth-order valence-corrected chi connectivity index (χ4v) is 3.78. The highest BCUT2D eigenvalue weighted by atomic mass is 32.2. The van der Waals surface area contributed by atoms with E-state index < -0.39 is 0 Å². The fourth-order valence-electron chi connectivity index (χ4n) is 2.92. The van der Waals surface area contributed by atoms with Gasteiger partial charge in [0.25, 0.3) is 0 Å². The van der Waals surface area contributed by atoms with Gasteiger partial charge in [-0.05, 0) is 37.6 Å². The van der Waals surface area contributed by atoms with Crippen molar-refractivity contribution in [2.75, 3.05) is 0 Å². The van der Waals surface area contributed by atoms with Crippen molar-refractivity contribution in [3.05, 3.63) is 77.7 Å². The molecule has 0 aliphatic heterocycles. The lowest BCUT2D eigenvalue weighted by molar-refractivity contribution is 0.793. The Hall–Kier alpha value is -2.66. The molecule has 4 aromatic rings. The van der Waals surface area contributed by atoms with Crippen molar-refractivity contribution >= 4 is 17.3 Å². The van der Waals surface area contributed by atoms with E-state index in [-0.39, 0.29) is 0 Å². The number of rotatable bonds is 4. The van der Waals surface area contributed by atoms with Crippen LogP contribution in [0.1, 0.15) is 17.0 Å². The number of nitrogens with zero attached hydrogens (tertiary/aromatic N) is 4. The quantitative estimate of drug-likeness (QED) is 0.502. The van der Waals surface area contributed by atoms with Gasteiger partial charge < -0.3 is 0 Å². The Balaban J connectivity index is 1.81. The molecule has 0 aliphatic carbocycles. The van der Waals surface area contributed by atoms with Crippen LogP contribution in [-0.2, 0) is 5.75 Å². The molecule has 0 aliphatic rings. The number of aromatic nitrogens is 4. The summed E-state index contributed by atoms with van der Waals surface area (Å²) in [6, 6.07) is 18.4. The molecule has 0 saturated carbocycles. The van der Waals surface area contributed by atoms with Gasteiger partial charge in [0, 0.05) is 17.5 Å². The molecular formula is C20H18N4S. The summed E-state index contributed by atoms with van der Waals surface area (Å²) in [5.74, 6) is 0.767. The summed E-state index contributed by atoms with van der Waals surface area (Å²) >= 11 is 1.66. The van der Waals surface area contributed by atoms with Gasteiger partial charge in [-0.15, -0.1) is 0 Å². The SMILES string of the molecule is Cc1cc(C)c2c(-c3ccccc3)nc(SCc3ccccn3)n2n1. The Morgan fingerprint density at radius 3 is 2.56 bits per heavy atom. The van der Waals surface area contributed by atoms with Crippen LogP contribution in [0.3, 0.4) is 0 Å². The second-order valence-electron chi connectivity index (χ2n) is 5.95. The summed E-state index contributed by atoms with van der Waals surface area (Å²) in [4.78, 5) is 9.31. The average Bonchev–Trinajstić information content (AvgIpc) is 3.00. The molecule has 124 valence electrons. The Kier molecular flexibility index (Phi) is 4.24. The summed E-state index contributed by atoms with van der Waals surface area (Å²) in [6.07, 6.45) is 1.82. The molecule has 0 N–H and O–H groups in total. The van der Waals surface area contributed by atoms with Crippen LogP contribution in [0.15, 0.2) is 66.0 Å². The van der Waals surface area contributed by atoms with Crippen LogP contribution in [0.2, 0.25) is 0 Å². The Bertz CT molecular complexity index is 1010. The second kappa shape index (κ2) is 6.69. The molecular weight excluding hydrogens is 328 g/mol. The summed E-state index contributed by atoms with van der Waals surface area (Å²) in [5, 5.41) is 5.60. The van der Waals surface area contributed by atoms with E-state index in [2.05, 4.69) is 30.1 Å². The zero-order valence-corrected chi connectivity index (χ0v) is 15.0. The molecule has 25 heavy (non-hydrogen) atoms. The number of fused-ring (bicyclic) bond motifs is 1. The first-order valence-electron chi connectivity index (χ1n) is 8.17. The topological polar surface area (TPSA) is 43.1 Å². The van der Waals surface area contributed by atoms with Crippen LogP contribution >= 0.6 is 11.8 Å². The largest absolute Gasteiger partial charge is 0.260 e. The number of benzene rings is 1. The predicted molar refractivity (Wildman–Crippen MR) is 102 cm³/mol. The molecule has 0 saturated heterocycles. The van der Waals surface area contributed by atoms with E-state index in [1.807, 2.05) is 54.0 Å². The third-order valence-corrected chi connectivity index (χ3v) is 4.97. The molecule has 0 atom stereocenters. The third kappa shape index (κ3) is 3.15. The highest BCUT2D eigenvalue weighted by Gasteiger charge is 2.17. The molecule has 5 heteroatoms. The molecule has 0 bridgehead atoms. The van der Waals surface area contributed by atoms with Gasteiger partial charge in [-0.2, -0.15) is 5.10 Å². The maximum Gasteiger partial charge on any atom is 0.190 e. The van der Waals surface area contributed by atoms with Gasteiger partial charge in [-0.1, -0.05) is 48.2 Å². The predicted octanol–water partition coefficient (Wildman–Crippen LogP) is 4.70. The number of imidazole rings is 1. The van der Waals surface area contributed by atoms with Crippen LogP contribution in [0.4, 0.5) is 0 Å². The van der Waals surface area contributed by atoms with Crippen LogP contribution < -0.4 is 0 Å². The first kappa shape index (κ1) is 15.8. The molecule has 0 amide bonds. The number of thioether (sulfide) groups is 1. The van der Waals surface area contributed by atoms with Gasteiger partial charge in [-0.25, -0.2) is 9.50 Å². The Morgan fingerprint density at radius 2 is 1.80 bits per heavy atom. The number of aryl methyl sites for hydroxylation is 2. The lowest BCUT2D eigenvalue weighted by Gasteiger charge is -2.04. The zero-order valence-electron chi connectivity index (χ0n) is 14.2. The molecule has 0 radical (unpaired) electrons. The van der Waals surface area contributed by atoms with Crippen molar-refractivity contribution in [1.82, 2.24) is 19.6 Å². The molecule has 4 rings (SSSR count). The third-order valence-electron chi connectivity index (χ3n) is 4.00. The summed E-state index contributed by atoms with van der Waals surface area (Å²) < 4.78 is 1.97. The van der Waals surface area contributed by atoms with E-state index in [0.29, 0.717) is 0 Å². The highest BCUT2D eigenvalue weighted by Crippen LogP contribution is 2.31. The molecule has 0 fully saturated rings. The van der Waals surface area contributed by atoms with Crippen molar-refractivity contribution in [2.24, 2.45) is 0 Å². The second-order valence-corrected chi connectivity index (χ2v) is 6.89. The average molecular weight is 346 g/mol. The molecule has 3 aromatic heterocycles. The molecule has 4 nitrogen and oxygen atoms in total. The maximum absolute atomic E-state index is 4.91. The standard InChI is InChI=1S/C20H18N4S/c1-14-12-15(2)23-24-19(14)18(16-8-4-3-5-9-16)22-20(24)25-13-17-10-6-7-11-21-17/h3-12H,13H2,1-2H3. The minimum atomic E-state index is 0.767. The Labute approximate surface area is 151 Å². The van der Waals surface area contributed by atoms with E-state index in [0.717, 1.165) is 39.1 Å². The smallest absolute Gasteiger partial charge is 0.190 e. The summed E-state index contributed by atoms with van der Waals surface area (Å²) in [7, 11) is 0. The first-order chi connectivity index (χ1) is 12.2. The number of pyridine rings is 1. The monoisotopic (exact) mass is 346 g/mol. The lowest BCUT2D eigenvalue weighted by Crippen LogP contribution is -1.98. The van der Waals surface area contributed by atoms with Gasteiger partial charge in [0.1, 0.15) is 0 Å². The van der Waals surface area contributed by atoms with Gasteiger partial charge in [-0.3, -0.25) is 4.98 Å². The maximum atomic E-state index is 4.91. The number of hydrogen-bond acceptors (Lipinski definition) is 4. The van der Waals surface area contributed by atoms with E-state index in [1.54, 1.807) is 11.8 Å². The van der Waals surface area contributed by atoms with E-state index in [9.17, 15) is 0 Å². The minimum Gasteiger partial charge on any atom is -0.260 e. The molecule has 3 heterocycles. The van der Waals surface area contributed by atoms with Crippen LogP contribution in [0.5, 0.6) is 0 Å². The Morgan fingerprint density at radius 1 is 1.00 bits per heavy atom. The first-order valence-corrected chi connectivity index (χ1v) is 9.16. The van der Waals surface area contributed by atoms with Gasteiger partial charge in [0.05, 0.1) is 22.6 Å². The van der Waals surface area contributed by atoms with Crippen LogP contribution in [-0.4, -0.2) is 19.6 Å². The van der Waals surface area contributed by atoms with Crippen LogP contribution in [0, 0.1) is 13.8 Å². The van der Waals surface area contributed by atoms with Crippen LogP contribution in [0.25, 0.3) is 16.8 Å². The molecule has 0 unspecified atom stereocenters. The highest BCUT2D eigenvalue weighted by molar-refractivity contribution is 7.98.